The Kier molecular flexibility index (Phi) is 10.3. The van der Waals surface area contributed by atoms with E-state index in [2.05, 4.69) is 278 Å². The molecule has 0 aliphatic heterocycles. The highest BCUT2D eigenvalue weighted by Crippen LogP contribution is 2.45. The van der Waals surface area contributed by atoms with Crippen molar-refractivity contribution in [3.05, 3.63) is 273 Å². The van der Waals surface area contributed by atoms with Gasteiger partial charge in [0.25, 0.3) is 0 Å². The zero-order valence-corrected chi connectivity index (χ0v) is 36.9. The summed E-state index contributed by atoms with van der Waals surface area (Å²) in [5.74, 6) is 0. The van der Waals surface area contributed by atoms with E-state index in [-0.39, 0.29) is 0 Å². The van der Waals surface area contributed by atoms with Crippen molar-refractivity contribution in [2.45, 2.75) is 0 Å². The molecule has 1 nitrogen and oxygen atoms in total. The topological polar surface area (TPSA) is 3.24 Å². The van der Waals surface area contributed by atoms with Gasteiger partial charge in [0.2, 0.25) is 0 Å². The van der Waals surface area contributed by atoms with Crippen LogP contribution in [0.2, 0.25) is 0 Å². The van der Waals surface area contributed by atoms with Crippen LogP contribution in [0.5, 0.6) is 0 Å². The minimum absolute atomic E-state index is 1.08. The maximum Gasteiger partial charge on any atom is 0.0546 e. The summed E-state index contributed by atoms with van der Waals surface area (Å²) in [5, 5.41) is 7.41. The van der Waals surface area contributed by atoms with Crippen LogP contribution in [0.1, 0.15) is 0 Å². The third-order valence-corrected chi connectivity index (χ3v) is 13.3. The van der Waals surface area contributed by atoms with Gasteiger partial charge in [0.1, 0.15) is 0 Å². The van der Waals surface area contributed by atoms with Crippen LogP contribution in [0.4, 0.5) is 17.1 Å². The van der Waals surface area contributed by atoms with Crippen LogP contribution in [0, 0.1) is 0 Å². The van der Waals surface area contributed by atoms with E-state index in [4.69, 9.17) is 0 Å². The van der Waals surface area contributed by atoms with Crippen LogP contribution in [0.3, 0.4) is 0 Å². The number of benzene rings is 12. The van der Waals surface area contributed by atoms with Crippen molar-refractivity contribution in [1.29, 1.82) is 0 Å². The first kappa shape index (κ1) is 39.8. The van der Waals surface area contributed by atoms with E-state index >= 15 is 0 Å². The summed E-state index contributed by atoms with van der Waals surface area (Å²) in [4.78, 5) is 2.44. The first-order chi connectivity index (χ1) is 33.2. The Morgan fingerprint density at radius 2 is 0.582 bits per heavy atom. The van der Waals surface area contributed by atoms with Gasteiger partial charge in [-0.1, -0.05) is 224 Å². The lowest BCUT2D eigenvalue weighted by Crippen LogP contribution is -2.11. The number of anilines is 3. The van der Waals surface area contributed by atoms with Gasteiger partial charge in [0.05, 0.1) is 5.69 Å². The van der Waals surface area contributed by atoms with E-state index in [1.807, 2.05) is 0 Å². The summed E-state index contributed by atoms with van der Waals surface area (Å²) in [6.45, 7) is 0. The van der Waals surface area contributed by atoms with Crippen molar-refractivity contribution >= 4 is 49.4 Å². The Labute approximate surface area is 392 Å². The van der Waals surface area contributed by atoms with Gasteiger partial charge in [-0.05, 0) is 142 Å². The van der Waals surface area contributed by atoms with Gasteiger partial charge in [-0.25, -0.2) is 0 Å². The van der Waals surface area contributed by atoms with E-state index < -0.39 is 0 Å². The number of nitrogens with zero attached hydrogens (tertiary/aromatic N) is 1. The standard InChI is InChI=1S/C66H45N/c1-2-12-46(13-3-1)49-24-26-50(27-25-49)51-32-37-61(38-33-51)67(62-39-34-52(35-40-62)56-20-10-21-59(43-56)64-23-11-19-53-16-8-9-22-63(53)64)66-45-58(57-30-28-47-14-4-6-17-54(47)42-57)36-41-65(66)60-31-29-48-15-5-7-18-55(48)44-60/h1-45H. The van der Waals surface area contributed by atoms with Crippen LogP contribution in [0.15, 0.2) is 273 Å². The van der Waals surface area contributed by atoms with Gasteiger partial charge in [0, 0.05) is 16.9 Å². The van der Waals surface area contributed by atoms with E-state index in [9.17, 15) is 0 Å². The summed E-state index contributed by atoms with van der Waals surface area (Å²) in [5.41, 5.74) is 17.5. The zero-order valence-electron chi connectivity index (χ0n) is 36.9. The molecule has 0 amide bonds. The van der Waals surface area contributed by atoms with Gasteiger partial charge in [-0.3, -0.25) is 0 Å². The Hall–Kier alpha value is -8.78. The maximum atomic E-state index is 2.44. The normalized spacial score (nSPS) is 11.3. The molecule has 12 aromatic carbocycles. The van der Waals surface area contributed by atoms with Crippen molar-refractivity contribution in [3.8, 4) is 66.8 Å². The molecular formula is C66H45N. The van der Waals surface area contributed by atoms with Gasteiger partial charge in [0.15, 0.2) is 0 Å². The summed E-state index contributed by atoms with van der Waals surface area (Å²) in [6.07, 6.45) is 0. The molecule has 0 N–H and O–H groups in total. The Bertz CT molecular complexity index is 3710. The van der Waals surface area contributed by atoms with Crippen molar-refractivity contribution in [3.63, 3.8) is 0 Å². The third kappa shape index (κ3) is 7.84. The lowest BCUT2D eigenvalue weighted by molar-refractivity contribution is 1.28. The summed E-state index contributed by atoms with van der Waals surface area (Å²) in [7, 11) is 0. The molecule has 0 radical (unpaired) electrons. The highest BCUT2D eigenvalue weighted by atomic mass is 15.1. The number of rotatable bonds is 9. The highest BCUT2D eigenvalue weighted by Gasteiger charge is 2.20. The van der Waals surface area contributed by atoms with E-state index in [1.54, 1.807) is 0 Å². The lowest BCUT2D eigenvalue weighted by Gasteiger charge is -2.29. The van der Waals surface area contributed by atoms with Crippen molar-refractivity contribution < 1.29 is 0 Å². The van der Waals surface area contributed by atoms with E-state index in [0.717, 1.165) is 28.2 Å². The molecule has 12 rings (SSSR count). The van der Waals surface area contributed by atoms with Crippen LogP contribution in [-0.2, 0) is 0 Å². The average molecular weight is 852 g/mol. The first-order valence-electron chi connectivity index (χ1n) is 23.1. The quantitative estimate of drug-likeness (QED) is 0.140. The molecule has 0 atom stereocenters. The molecule has 12 aromatic rings. The lowest BCUT2D eigenvalue weighted by atomic mass is 9.94. The second-order valence-corrected chi connectivity index (χ2v) is 17.3. The second kappa shape index (κ2) is 17.3. The van der Waals surface area contributed by atoms with E-state index in [1.165, 1.54) is 88.0 Å². The van der Waals surface area contributed by atoms with Crippen molar-refractivity contribution in [2.75, 3.05) is 4.90 Å². The molecule has 0 heterocycles. The number of hydrogen-bond donors (Lipinski definition) is 0. The second-order valence-electron chi connectivity index (χ2n) is 17.3. The molecule has 0 fully saturated rings. The molecule has 0 saturated heterocycles. The molecular weight excluding hydrogens is 807 g/mol. The zero-order chi connectivity index (χ0) is 44.5. The molecule has 0 saturated carbocycles. The SMILES string of the molecule is c1ccc(-c2ccc(-c3ccc(N(c4ccc(-c5cccc(-c6cccc7ccccc67)c5)cc4)c4cc(-c5ccc6ccccc6c5)ccc4-c4ccc5ccccc5c4)cc3)cc2)cc1. The molecule has 67 heavy (non-hydrogen) atoms. The first-order valence-corrected chi connectivity index (χ1v) is 23.1. The van der Waals surface area contributed by atoms with Crippen molar-refractivity contribution in [1.82, 2.24) is 0 Å². The Morgan fingerprint density at radius 1 is 0.194 bits per heavy atom. The molecule has 0 aliphatic carbocycles. The largest absolute Gasteiger partial charge is 0.310 e. The average Bonchev–Trinajstić information content (AvgIpc) is 3.41. The third-order valence-electron chi connectivity index (χ3n) is 13.3. The maximum absolute atomic E-state index is 2.44. The fourth-order valence-corrected chi connectivity index (χ4v) is 9.73. The minimum Gasteiger partial charge on any atom is -0.310 e. The van der Waals surface area contributed by atoms with Gasteiger partial charge in [-0.15, -0.1) is 0 Å². The number of fused-ring (bicyclic) bond motifs is 3. The van der Waals surface area contributed by atoms with Crippen LogP contribution in [-0.4, -0.2) is 0 Å². The molecule has 0 aromatic heterocycles. The molecule has 0 bridgehead atoms. The molecule has 0 aliphatic rings. The Morgan fingerprint density at radius 3 is 1.24 bits per heavy atom. The minimum atomic E-state index is 1.08. The van der Waals surface area contributed by atoms with Crippen LogP contribution < -0.4 is 4.90 Å². The van der Waals surface area contributed by atoms with Crippen molar-refractivity contribution in [2.24, 2.45) is 0 Å². The fourth-order valence-electron chi connectivity index (χ4n) is 9.73. The summed E-state index contributed by atoms with van der Waals surface area (Å²) in [6, 6.07) is 99.6. The van der Waals surface area contributed by atoms with Gasteiger partial charge in [-0.2, -0.15) is 0 Å². The predicted octanol–water partition coefficient (Wildman–Crippen LogP) is 18.6. The van der Waals surface area contributed by atoms with Crippen LogP contribution >= 0.6 is 0 Å². The summed E-state index contributed by atoms with van der Waals surface area (Å²) >= 11 is 0. The Balaban J connectivity index is 0.996. The molecule has 0 spiro atoms. The smallest absolute Gasteiger partial charge is 0.0546 e. The van der Waals surface area contributed by atoms with E-state index in [0.29, 0.717) is 0 Å². The highest BCUT2D eigenvalue weighted by molar-refractivity contribution is 5.98. The fraction of sp³-hybridized carbons (Fsp3) is 0. The molecule has 314 valence electrons. The van der Waals surface area contributed by atoms with Crippen LogP contribution in [0.25, 0.3) is 99.1 Å². The summed E-state index contributed by atoms with van der Waals surface area (Å²) < 4.78 is 0. The molecule has 0 unspecified atom stereocenters. The van der Waals surface area contributed by atoms with Gasteiger partial charge < -0.3 is 4.90 Å². The predicted molar refractivity (Wildman–Crippen MR) is 286 cm³/mol. The molecule has 1 heteroatoms. The number of hydrogen-bond acceptors (Lipinski definition) is 1. The monoisotopic (exact) mass is 851 g/mol. The van der Waals surface area contributed by atoms with Gasteiger partial charge >= 0.3 is 0 Å².